The predicted octanol–water partition coefficient (Wildman–Crippen LogP) is 0.641. The molecule has 6 aromatic rings. The van der Waals surface area contributed by atoms with E-state index < -0.39 is 0 Å². The summed E-state index contributed by atoms with van der Waals surface area (Å²) >= 11 is 0. The summed E-state index contributed by atoms with van der Waals surface area (Å²) in [4.78, 5) is 0. The minimum atomic E-state index is 0. The first-order valence-electron chi connectivity index (χ1n) is 13.8. The minimum Gasteiger partial charge on any atom is -1.00 e. The van der Waals surface area contributed by atoms with Crippen LogP contribution in [0.1, 0.15) is 22.5 Å². The first-order chi connectivity index (χ1) is 20.0. The monoisotopic (exact) mass is 796 g/mol. The van der Waals surface area contributed by atoms with Gasteiger partial charge in [0.15, 0.2) is 23.8 Å². The van der Waals surface area contributed by atoms with E-state index >= 15 is 0 Å². The maximum atomic E-state index is 6.19. The molecule has 0 spiro atoms. The van der Waals surface area contributed by atoms with Gasteiger partial charge in [-0.05, 0) is 70.4 Å². The van der Waals surface area contributed by atoms with Crippen LogP contribution in [-0.2, 0) is 26.9 Å². The topological polar surface area (TPSA) is 35.5 Å². The molecular weight excluding hydrogens is 762 g/mol. The van der Waals surface area contributed by atoms with E-state index in [-0.39, 0.29) is 48.0 Å². The molecule has 220 valence electrons. The molecule has 0 saturated heterocycles. The summed E-state index contributed by atoms with van der Waals surface area (Å²) in [5, 5.41) is 4.81. The zero-order chi connectivity index (χ0) is 28.3. The number of benzene rings is 4. The van der Waals surface area contributed by atoms with Gasteiger partial charge in [0.1, 0.15) is 37.1 Å². The van der Waals surface area contributed by atoms with Gasteiger partial charge in [0.25, 0.3) is 0 Å². The lowest BCUT2D eigenvalue weighted by Gasteiger charge is -2.10. The van der Waals surface area contributed by atoms with Gasteiger partial charge in [0, 0.05) is 12.1 Å². The summed E-state index contributed by atoms with van der Waals surface area (Å²) < 4.78 is 21.5. The second-order valence-corrected chi connectivity index (χ2v) is 10.4. The number of hydrogen-bond donors (Lipinski definition) is 0. The quantitative estimate of drug-likeness (QED) is 0.168. The van der Waals surface area contributed by atoms with E-state index in [0.717, 1.165) is 35.8 Å². The zero-order valence-electron chi connectivity index (χ0n) is 24.7. The van der Waals surface area contributed by atoms with Crippen LogP contribution in [0.4, 0.5) is 0 Å². The molecule has 0 bridgehead atoms. The van der Waals surface area contributed by atoms with Gasteiger partial charge in [-0.2, -0.15) is 0 Å². The molecule has 0 aliphatic rings. The largest absolute Gasteiger partial charge is 1.00 e. The van der Waals surface area contributed by atoms with Crippen molar-refractivity contribution in [2.24, 2.45) is 14.1 Å². The molecule has 6 rings (SSSR count). The highest BCUT2D eigenvalue weighted by Crippen LogP contribution is 2.27. The van der Waals surface area contributed by atoms with E-state index in [4.69, 9.17) is 14.2 Å². The van der Waals surface area contributed by atoms with E-state index in [9.17, 15) is 0 Å². The Kier molecular flexibility index (Phi) is 10.8. The molecule has 0 amide bonds. The average Bonchev–Trinajstić information content (AvgIpc) is 3.01. The summed E-state index contributed by atoms with van der Waals surface area (Å²) in [5.41, 5.74) is 4.92. The molecule has 0 radical (unpaired) electrons. The summed E-state index contributed by atoms with van der Waals surface area (Å²) in [7, 11) is 7.59. The highest BCUT2D eigenvalue weighted by molar-refractivity contribution is 5.86. The van der Waals surface area contributed by atoms with E-state index in [0.29, 0.717) is 0 Å². The number of aromatic nitrogens is 2. The highest BCUT2D eigenvalue weighted by Gasteiger charge is 2.16. The Balaban J connectivity index is 0.00000212. The summed E-state index contributed by atoms with van der Waals surface area (Å²) in [6.07, 6.45) is 5.85. The summed E-state index contributed by atoms with van der Waals surface area (Å²) in [6, 6.07) is 33.4. The smallest absolute Gasteiger partial charge is 0.193 e. The Hall–Kier alpha value is -3.44. The molecule has 2 heterocycles. The van der Waals surface area contributed by atoms with Crippen LogP contribution in [0.25, 0.3) is 21.5 Å². The van der Waals surface area contributed by atoms with Gasteiger partial charge < -0.3 is 62.2 Å². The van der Waals surface area contributed by atoms with Crippen LogP contribution in [0.2, 0.25) is 0 Å². The second-order valence-electron chi connectivity index (χ2n) is 10.4. The Morgan fingerprint density at radius 2 is 0.860 bits per heavy atom. The zero-order valence-corrected chi connectivity index (χ0v) is 29.0. The van der Waals surface area contributed by atoms with Crippen LogP contribution in [-0.4, -0.2) is 14.2 Å². The third-order valence-electron chi connectivity index (χ3n) is 7.78. The summed E-state index contributed by atoms with van der Waals surface area (Å²) in [6.45, 7) is 0. The van der Waals surface area contributed by atoms with Crippen molar-refractivity contribution in [1.29, 1.82) is 0 Å². The lowest BCUT2D eigenvalue weighted by Crippen LogP contribution is -3.00. The van der Waals surface area contributed by atoms with Crippen molar-refractivity contribution < 1.29 is 71.3 Å². The van der Waals surface area contributed by atoms with Crippen LogP contribution >= 0.6 is 0 Å². The van der Waals surface area contributed by atoms with Gasteiger partial charge in [-0.3, -0.25) is 0 Å². The molecule has 7 heteroatoms. The fourth-order valence-electron chi connectivity index (χ4n) is 5.37. The van der Waals surface area contributed by atoms with Crippen LogP contribution in [0, 0.1) is 0 Å². The molecule has 0 aliphatic heterocycles. The Morgan fingerprint density at radius 1 is 0.488 bits per heavy atom. The lowest BCUT2D eigenvalue weighted by atomic mass is 10.0. The van der Waals surface area contributed by atoms with Gasteiger partial charge in [-0.25, -0.2) is 9.13 Å². The molecule has 4 aromatic carbocycles. The van der Waals surface area contributed by atoms with Crippen molar-refractivity contribution in [2.45, 2.75) is 12.8 Å². The molecule has 0 unspecified atom stereocenters. The number of aryl methyl sites for hydroxylation is 2. The van der Waals surface area contributed by atoms with Crippen LogP contribution in [0.3, 0.4) is 0 Å². The number of nitrogens with zero attached hydrogens (tertiary/aromatic N) is 2. The van der Waals surface area contributed by atoms with Crippen molar-refractivity contribution in [1.82, 2.24) is 0 Å². The molecule has 5 nitrogen and oxygen atoms in total. The fraction of sp³-hybridized carbons (Fsp3) is 0.167. The number of rotatable bonds is 8. The van der Waals surface area contributed by atoms with E-state index in [1.807, 2.05) is 36.4 Å². The first kappa shape index (κ1) is 32.5. The van der Waals surface area contributed by atoms with Crippen molar-refractivity contribution in [3.63, 3.8) is 0 Å². The van der Waals surface area contributed by atoms with Gasteiger partial charge in [-0.15, -0.1) is 0 Å². The average molecular weight is 796 g/mol. The molecule has 0 saturated carbocycles. The molecule has 0 aliphatic carbocycles. The predicted molar refractivity (Wildman–Crippen MR) is 162 cm³/mol. The molecule has 0 fully saturated rings. The Morgan fingerprint density at radius 3 is 1.23 bits per heavy atom. The summed E-state index contributed by atoms with van der Waals surface area (Å²) in [5.74, 6) is 3.37. The maximum absolute atomic E-state index is 6.19. The highest BCUT2D eigenvalue weighted by atomic mass is 127. The van der Waals surface area contributed by atoms with Crippen molar-refractivity contribution in [2.75, 3.05) is 14.2 Å². The Labute approximate surface area is 287 Å². The SMILES string of the molecule is COc1ccc2cc[n+](C)c(Cc3ccc(Oc4ccc(Cc5c6cc(OC)ccc6cc[n+]5C)cc4)cc3)c2c1.[I-].[I-]. The van der Waals surface area contributed by atoms with Gasteiger partial charge in [0.05, 0.1) is 37.8 Å². The van der Waals surface area contributed by atoms with E-state index in [2.05, 4.69) is 96.3 Å². The van der Waals surface area contributed by atoms with Gasteiger partial charge in [-0.1, -0.05) is 36.4 Å². The van der Waals surface area contributed by atoms with Gasteiger partial charge in [0.2, 0.25) is 0 Å². The molecule has 43 heavy (non-hydrogen) atoms. The van der Waals surface area contributed by atoms with Crippen molar-refractivity contribution >= 4 is 21.5 Å². The standard InChI is InChI=1S/C36H34N2O3.2HI/c1-37-19-17-27-9-15-31(39-3)23-33(27)35(37)21-25-5-11-29(12-6-25)41-30-13-7-26(8-14-30)22-36-34-24-32(40-4)16-10-28(34)18-20-38(36)2;;/h5-20,23-24H,21-22H2,1-4H3;2*1H/q+2;;/p-2. The number of methoxy groups -OCH3 is 2. The van der Waals surface area contributed by atoms with E-state index in [1.165, 1.54) is 44.1 Å². The number of halogens is 2. The number of fused-ring (bicyclic) bond motifs is 2. The van der Waals surface area contributed by atoms with Crippen LogP contribution in [0.5, 0.6) is 23.0 Å². The Bertz CT molecular complexity index is 1720. The molecule has 0 atom stereocenters. The fourth-order valence-corrected chi connectivity index (χ4v) is 5.37. The minimum absolute atomic E-state index is 0. The molecular formula is C36H34I2N2O3. The second kappa shape index (κ2) is 14.4. The normalized spacial score (nSPS) is 10.6. The third-order valence-corrected chi connectivity index (χ3v) is 7.78. The molecule has 2 aromatic heterocycles. The number of ether oxygens (including phenoxy) is 3. The maximum Gasteiger partial charge on any atom is 0.193 e. The first-order valence-corrected chi connectivity index (χ1v) is 13.8. The lowest BCUT2D eigenvalue weighted by molar-refractivity contribution is -0.677. The van der Waals surface area contributed by atoms with Crippen LogP contribution < -0.4 is 71.3 Å². The third kappa shape index (κ3) is 7.21. The van der Waals surface area contributed by atoms with E-state index in [1.54, 1.807) is 14.2 Å². The number of pyridine rings is 2. The molecule has 0 N–H and O–H groups in total. The van der Waals surface area contributed by atoms with Gasteiger partial charge >= 0.3 is 0 Å². The van der Waals surface area contributed by atoms with Crippen molar-refractivity contribution in [3.05, 3.63) is 132 Å². The van der Waals surface area contributed by atoms with Crippen LogP contribution in [0.15, 0.2) is 109 Å². The number of hydrogen-bond acceptors (Lipinski definition) is 3. The van der Waals surface area contributed by atoms with Crippen molar-refractivity contribution in [3.8, 4) is 23.0 Å².